The first-order chi connectivity index (χ1) is 10.2. The van der Waals surface area contributed by atoms with E-state index in [2.05, 4.69) is 27.8 Å². The summed E-state index contributed by atoms with van der Waals surface area (Å²) in [5.41, 5.74) is 7.35. The van der Waals surface area contributed by atoms with Crippen molar-refractivity contribution >= 4 is 27.7 Å². The highest BCUT2D eigenvalue weighted by atomic mass is 79.9. The van der Waals surface area contributed by atoms with Crippen LogP contribution < -0.4 is 10.5 Å². The van der Waals surface area contributed by atoms with Crippen molar-refractivity contribution in [3.8, 4) is 5.75 Å². The molecule has 1 heterocycles. The van der Waals surface area contributed by atoms with E-state index in [1.165, 1.54) is 0 Å². The molecule has 0 radical (unpaired) electrons. The Morgan fingerprint density at radius 3 is 2.71 bits per heavy atom. The first-order valence-corrected chi connectivity index (χ1v) is 8.70. The molecule has 0 aliphatic heterocycles. The van der Waals surface area contributed by atoms with Gasteiger partial charge in [0.15, 0.2) is 0 Å². The average Bonchev–Trinajstić information content (AvgIpc) is 2.52. The molecule has 3 nitrogen and oxygen atoms in total. The molecule has 1 unspecified atom stereocenters. The minimum atomic E-state index is -0.0240. The summed E-state index contributed by atoms with van der Waals surface area (Å²) in [5.74, 6) is 1.68. The number of thioether (sulfide) groups is 1. The van der Waals surface area contributed by atoms with Gasteiger partial charge >= 0.3 is 0 Å². The second-order valence-corrected chi connectivity index (χ2v) is 6.49. The SMILES string of the molecule is CCCOc1ccc(C(N)CSc2ncccc2Br)cc1. The van der Waals surface area contributed by atoms with Crippen LogP contribution in [0, 0.1) is 0 Å². The summed E-state index contributed by atoms with van der Waals surface area (Å²) >= 11 is 5.15. The first kappa shape index (κ1) is 16.3. The molecule has 2 N–H and O–H groups in total. The van der Waals surface area contributed by atoms with E-state index in [-0.39, 0.29) is 6.04 Å². The van der Waals surface area contributed by atoms with Crippen LogP contribution in [0.4, 0.5) is 0 Å². The van der Waals surface area contributed by atoms with E-state index in [9.17, 15) is 0 Å². The maximum absolute atomic E-state index is 6.24. The smallest absolute Gasteiger partial charge is 0.119 e. The Morgan fingerprint density at radius 1 is 1.29 bits per heavy atom. The van der Waals surface area contributed by atoms with Crippen LogP contribution >= 0.6 is 27.7 Å². The van der Waals surface area contributed by atoms with Gasteiger partial charge in [-0.3, -0.25) is 0 Å². The Morgan fingerprint density at radius 2 is 2.05 bits per heavy atom. The van der Waals surface area contributed by atoms with Crippen molar-refractivity contribution in [2.45, 2.75) is 24.4 Å². The summed E-state index contributed by atoms with van der Waals surface area (Å²) in [6.07, 6.45) is 2.80. The van der Waals surface area contributed by atoms with Gasteiger partial charge in [0.2, 0.25) is 0 Å². The van der Waals surface area contributed by atoms with Crippen LogP contribution in [0.3, 0.4) is 0 Å². The lowest BCUT2D eigenvalue weighted by Gasteiger charge is -2.13. The zero-order valence-corrected chi connectivity index (χ0v) is 14.4. The molecule has 21 heavy (non-hydrogen) atoms. The second-order valence-electron chi connectivity index (χ2n) is 4.63. The molecular weight excluding hydrogens is 348 g/mol. The van der Waals surface area contributed by atoms with Crippen molar-refractivity contribution in [1.82, 2.24) is 4.98 Å². The van der Waals surface area contributed by atoms with E-state index in [0.717, 1.165) is 39.6 Å². The standard InChI is InChI=1S/C16H19BrN2OS/c1-2-10-20-13-7-5-12(6-8-13)15(18)11-21-16-14(17)4-3-9-19-16/h3-9,15H,2,10-11,18H2,1H3. The zero-order valence-electron chi connectivity index (χ0n) is 12.0. The van der Waals surface area contributed by atoms with Gasteiger partial charge in [0.25, 0.3) is 0 Å². The van der Waals surface area contributed by atoms with Crippen molar-refractivity contribution < 1.29 is 4.74 Å². The van der Waals surface area contributed by atoms with Gasteiger partial charge in [0.05, 0.1) is 6.61 Å². The summed E-state index contributed by atoms with van der Waals surface area (Å²) in [6.45, 7) is 2.84. The molecule has 5 heteroatoms. The number of hydrogen-bond donors (Lipinski definition) is 1. The fraction of sp³-hybridized carbons (Fsp3) is 0.312. The van der Waals surface area contributed by atoms with Gasteiger partial charge < -0.3 is 10.5 Å². The largest absolute Gasteiger partial charge is 0.494 e. The summed E-state index contributed by atoms with van der Waals surface area (Å²) in [6, 6.07) is 11.9. The van der Waals surface area contributed by atoms with Crippen molar-refractivity contribution in [2.75, 3.05) is 12.4 Å². The van der Waals surface area contributed by atoms with Crippen molar-refractivity contribution in [1.29, 1.82) is 0 Å². The lowest BCUT2D eigenvalue weighted by molar-refractivity contribution is 0.317. The minimum Gasteiger partial charge on any atom is -0.494 e. The fourth-order valence-electron chi connectivity index (χ4n) is 1.77. The van der Waals surface area contributed by atoms with Gasteiger partial charge in [-0.15, -0.1) is 11.8 Å². The highest BCUT2D eigenvalue weighted by molar-refractivity contribution is 9.10. The van der Waals surface area contributed by atoms with Crippen LogP contribution in [0.2, 0.25) is 0 Å². The lowest BCUT2D eigenvalue weighted by atomic mass is 10.1. The molecule has 1 aromatic carbocycles. The van der Waals surface area contributed by atoms with E-state index in [1.54, 1.807) is 18.0 Å². The first-order valence-electron chi connectivity index (χ1n) is 6.92. The number of ether oxygens (including phenoxy) is 1. The van der Waals surface area contributed by atoms with E-state index < -0.39 is 0 Å². The molecule has 0 saturated heterocycles. The topological polar surface area (TPSA) is 48.1 Å². The number of hydrogen-bond acceptors (Lipinski definition) is 4. The molecular formula is C16H19BrN2OS. The zero-order chi connectivity index (χ0) is 15.1. The normalized spacial score (nSPS) is 12.1. The Kier molecular flexibility index (Phi) is 6.54. The molecule has 1 aromatic heterocycles. The number of benzene rings is 1. The number of nitrogens with zero attached hydrogens (tertiary/aromatic N) is 1. The Bertz CT molecular complexity index is 562. The van der Waals surface area contributed by atoms with E-state index in [0.29, 0.717) is 0 Å². The van der Waals surface area contributed by atoms with Crippen LogP contribution in [0.25, 0.3) is 0 Å². The summed E-state index contributed by atoms with van der Waals surface area (Å²) in [7, 11) is 0. The van der Waals surface area contributed by atoms with Crippen LogP contribution in [-0.4, -0.2) is 17.3 Å². The summed E-state index contributed by atoms with van der Waals surface area (Å²) in [4.78, 5) is 4.33. The van der Waals surface area contributed by atoms with Gasteiger partial charge in [-0.25, -0.2) is 4.98 Å². The molecule has 2 aromatic rings. The maximum atomic E-state index is 6.24. The minimum absolute atomic E-state index is 0.0240. The molecule has 0 bridgehead atoms. The Balaban J connectivity index is 1.91. The molecule has 0 amide bonds. The molecule has 2 rings (SSSR count). The predicted octanol–water partition coefficient (Wildman–Crippen LogP) is 4.43. The maximum Gasteiger partial charge on any atom is 0.119 e. The van der Waals surface area contributed by atoms with Crippen LogP contribution in [-0.2, 0) is 0 Å². The van der Waals surface area contributed by atoms with Gasteiger partial charge in [-0.2, -0.15) is 0 Å². The molecule has 0 saturated carbocycles. The molecule has 0 spiro atoms. The molecule has 0 aliphatic carbocycles. The number of pyridine rings is 1. The average molecular weight is 367 g/mol. The molecule has 1 atom stereocenters. The van der Waals surface area contributed by atoms with E-state index in [4.69, 9.17) is 10.5 Å². The van der Waals surface area contributed by atoms with Crippen LogP contribution in [0.1, 0.15) is 24.9 Å². The predicted molar refractivity (Wildman–Crippen MR) is 91.8 cm³/mol. The van der Waals surface area contributed by atoms with Gasteiger partial charge in [-0.1, -0.05) is 19.1 Å². The third-order valence-electron chi connectivity index (χ3n) is 2.91. The highest BCUT2D eigenvalue weighted by Gasteiger charge is 2.09. The Hall–Kier alpha value is -1.04. The third kappa shape index (κ3) is 5.02. The lowest BCUT2D eigenvalue weighted by Crippen LogP contribution is -2.13. The van der Waals surface area contributed by atoms with Crippen molar-refractivity contribution in [3.05, 3.63) is 52.6 Å². The van der Waals surface area contributed by atoms with E-state index >= 15 is 0 Å². The van der Waals surface area contributed by atoms with Crippen molar-refractivity contribution in [3.63, 3.8) is 0 Å². The molecule has 112 valence electrons. The number of aromatic nitrogens is 1. The molecule has 0 aliphatic rings. The molecule has 0 fully saturated rings. The summed E-state index contributed by atoms with van der Waals surface area (Å²) < 4.78 is 6.58. The summed E-state index contributed by atoms with van der Waals surface area (Å²) in [5, 5.41) is 0.968. The number of nitrogens with two attached hydrogens (primary N) is 1. The van der Waals surface area contributed by atoms with E-state index in [1.807, 2.05) is 36.4 Å². The second kappa shape index (κ2) is 8.41. The van der Waals surface area contributed by atoms with Crippen LogP contribution in [0.15, 0.2) is 52.1 Å². The van der Waals surface area contributed by atoms with Gasteiger partial charge in [0.1, 0.15) is 10.8 Å². The van der Waals surface area contributed by atoms with Crippen LogP contribution in [0.5, 0.6) is 5.75 Å². The quantitative estimate of drug-likeness (QED) is 0.736. The third-order valence-corrected chi connectivity index (χ3v) is 4.93. The highest BCUT2D eigenvalue weighted by Crippen LogP contribution is 2.28. The van der Waals surface area contributed by atoms with Gasteiger partial charge in [-0.05, 0) is 52.2 Å². The number of rotatable bonds is 7. The fourth-order valence-corrected chi connectivity index (χ4v) is 3.24. The monoisotopic (exact) mass is 366 g/mol. The van der Waals surface area contributed by atoms with Gasteiger partial charge in [0, 0.05) is 22.5 Å². The Labute approximate surface area is 138 Å². The van der Waals surface area contributed by atoms with Crippen molar-refractivity contribution in [2.24, 2.45) is 5.73 Å². The number of halogens is 1.